The summed E-state index contributed by atoms with van der Waals surface area (Å²) >= 11 is 0. The summed E-state index contributed by atoms with van der Waals surface area (Å²) in [4.78, 5) is 22.6. The quantitative estimate of drug-likeness (QED) is 0.654. The number of hydrogen-bond donors (Lipinski definition) is 3. The van der Waals surface area contributed by atoms with Gasteiger partial charge in [-0.15, -0.1) is 0 Å². The highest BCUT2D eigenvalue weighted by atomic mass is 16.4. The Bertz CT molecular complexity index is 299. The summed E-state index contributed by atoms with van der Waals surface area (Å²) in [6.45, 7) is 2.70. The van der Waals surface area contributed by atoms with E-state index in [0.29, 0.717) is 12.5 Å². The third kappa shape index (κ3) is 5.59. The Morgan fingerprint density at radius 1 is 1.32 bits per heavy atom. The fourth-order valence-corrected chi connectivity index (χ4v) is 2.54. The van der Waals surface area contributed by atoms with Crippen LogP contribution in [-0.4, -0.2) is 29.6 Å². The van der Waals surface area contributed by atoms with E-state index in [1.165, 1.54) is 0 Å². The average molecular weight is 270 g/mol. The summed E-state index contributed by atoms with van der Waals surface area (Å²) in [5, 5.41) is 11.8. The predicted molar refractivity (Wildman–Crippen MR) is 73.6 cm³/mol. The van der Waals surface area contributed by atoms with Crippen molar-refractivity contribution in [3.05, 3.63) is 0 Å². The molecule has 1 aliphatic carbocycles. The van der Waals surface area contributed by atoms with Crippen LogP contribution in [0.3, 0.4) is 0 Å². The van der Waals surface area contributed by atoms with E-state index in [1.54, 1.807) is 0 Å². The highest BCUT2D eigenvalue weighted by molar-refractivity contribution is 5.81. The molecule has 1 saturated carbocycles. The van der Waals surface area contributed by atoms with Crippen molar-refractivity contribution in [3.8, 4) is 0 Å². The van der Waals surface area contributed by atoms with Crippen LogP contribution in [0.4, 0.5) is 0 Å². The van der Waals surface area contributed by atoms with Crippen molar-refractivity contribution >= 4 is 11.9 Å². The van der Waals surface area contributed by atoms with Crippen LogP contribution >= 0.6 is 0 Å². The summed E-state index contributed by atoms with van der Waals surface area (Å²) < 4.78 is 0. The van der Waals surface area contributed by atoms with Gasteiger partial charge in [0.25, 0.3) is 0 Å². The Balaban J connectivity index is 2.19. The molecule has 0 aliphatic heterocycles. The number of nitrogens with one attached hydrogen (secondary N) is 1. The molecule has 1 amide bonds. The Morgan fingerprint density at radius 3 is 2.47 bits per heavy atom. The van der Waals surface area contributed by atoms with E-state index < -0.39 is 12.0 Å². The Labute approximate surface area is 114 Å². The molecule has 1 fully saturated rings. The van der Waals surface area contributed by atoms with Crippen LogP contribution in [0.1, 0.15) is 51.9 Å². The lowest BCUT2D eigenvalue weighted by atomic mass is 9.82. The van der Waals surface area contributed by atoms with Gasteiger partial charge in [-0.25, -0.2) is 0 Å². The predicted octanol–water partition coefficient (Wildman–Crippen LogP) is 1.51. The van der Waals surface area contributed by atoms with Gasteiger partial charge in [0, 0.05) is 6.54 Å². The first-order chi connectivity index (χ1) is 9.04. The monoisotopic (exact) mass is 270 g/mol. The minimum Gasteiger partial charge on any atom is -0.481 e. The smallest absolute Gasteiger partial charge is 0.306 e. The minimum absolute atomic E-state index is 0.0752. The van der Waals surface area contributed by atoms with Crippen molar-refractivity contribution in [2.75, 3.05) is 6.54 Å². The fourth-order valence-electron chi connectivity index (χ4n) is 2.54. The SMILES string of the molecule is CCCCC(N)C(=O)NCC1CCC(C(=O)O)CC1. The van der Waals surface area contributed by atoms with Gasteiger partial charge >= 0.3 is 5.97 Å². The van der Waals surface area contributed by atoms with Gasteiger partial charge in [-0.1, -0.05) is 19.8 Å². The van der Waals surface area contributed by atoms with Crippen LogP contribution in [0.25, 0.3) is 0 Å². The van der Waals surface area contributed by atoms with Gasteiger partial charge in [-0.05, 0) is 38.0 Å². The first kappa shape index (κ1) is 16.0. The van der Waals surface area contributed by atoms with Gasteiger partial charge in [0.15, 0.2) is 0 Å². The number of carbonyl (C=O) groups excluding carboxylic acids is 1. The van der Waals surface area contributed by atoms with Crippen molar-refractivity contribution in [2.45, 2.75) is 57.9 Å². The van der Waals surface area contributed by atoms with Crippen LogP contribution in [0.15, 0.2) is 0 Å². The minimum atomic E-state index is -0.691. The molecule has 1 aliphatic rings. The van der Waals surface area contributed by atoms with Crippen LogP contribution in [0.2, 0.25) is 0 Å². The normalized spacial score (nSPS) is 24.7. The van der Waals surface area contributed by atoms with Crippen molar-refractivity contribution in [2.24, 2.45) is 17.6 Å². The molecule has 0 saturated heterocycles. The standard InChI is InChI=1S/C14H26N2O3/c1-2-3-4-12(15)13(17)16-9-10-5-7-11(8-6-10)14(18)19/h10-12H,2-9,15H2,1H3,(H,16,17)(H,18,19). The molecule has 0 aromatic carbocycles. The van der Waals surface area contributed by atoms with Crippen LogP contribution in [-0.2, 0) is 9.59 Å². The molecule has 0 aromatic rings. The van der Waals surface area contributed by atoms with Gasteiger partial charge in [0.05, 0.1) is 12.0 Å². The van der Waals surface area contributed by atoms with E-state index >= 15 is 0 Å². The highest BCUT2D eigenvalue weighted by Crippen LogP contribution is 2.28. The molecule has 110 valence electrons. The molecular formula is C14H26N2O3. The molecule has 1 rings (SSSR count). The van der Waals surface area contributed by atoms with E-state index in [2.05, 4.69) is 12.2 Å². The van der Waals surface area contributed by atoms with E-state index in [1.807, 2.05) is 0 Å². The molecule has 0 spiro atoms. The lowest BCUT2D eigenvalue weighted by molar-refractivity contribution is -0.143. The number of carbonyl (C=O) groups is 2. The van der Waals surface area contributed by atoms with Gasteiger partial charge in [-0.3, -0.25) is 9.59 Å². The van der Waals surface area contributed by atoms with Crippen molar-refractivity contribution in [1.29, 1.82) is 0 Å². The number of carboxylic acids is 1. The van der Waals surface area contributed by atoms with E-state index in [4.69, 9.17) is 10.8 Å². The molecule has 5 nitrogen and oxygen atoms in total. The van der Waals surface area contributed by atoms with Gasteiger partial charge in [0.1, 0.15) is 0 Å². The molecule has 5 heteroatoms. The zero-order chi connectivity index (χ0) is 14.3. The van der Waals surface area contributed by atoms with Crippen LogP contribution in [0, 0.1) is 11.8 Å². The summed E-state index contributed by atoms with van der Waals surface area (Å²) in [6, 6.07) is -0.407. The maximum absolute atomic E-state index is 11.7. The van der Waals surface area contributed by atoms with Gasteiger partial charge < -0.3 is 16.2 Å². The summed E-state index contributed by atoms with van der Waals surface area (Å²) in [6.07, 6.45) is 5.94. The van der Waals surface area contributed by atoms with Crippen molar-refractivity contribution in [3.63, 3.8) is 0 Å². The maximum atomic E-state index is 11.7. The molecule has 0 heterocycles. The first-order valence-corrected chi connectivity index (χ1v) is 7.30. The molecule has 0 aromatic heterocycles. The molecular weight excluding hydrogens is 244 g/mol. The molecule has 4 N–H and O–H groups in total. The number of nitrogens with two attached hydrogens (primary N) is 1. The largest absolute Gasteiger partial charge is 0.481 e. The number of hydrogen-bond acceptors (Lipinski definition) is 3. The second kappa shape index (κ2) is 8.15. The molecule has 0 bridgehead atoms. The zero-order valence-electron chi connectivity index (χ0n) is 11.7. The summed E-state index contributed by atoms with van der Waals surface area (Å²) in [5.41, 5.74) is 5.79. The van der Waals surface area contributed by atoms with Gasteiger partial charge in [0.2, 0.25) is 5.91 Å². The lowest BCUT2D eigenvalue weighted by Crippen LogP contribution is -2.42. The molecule has 19 heavy (non-hydrogen) atoms. The molecule has 1 atom stereocenters. The summed E-state index contributed by atoms with van der Waals surface area (Å²) in [5.74, 6) is -0.561. The second-order valence-electron chi connectivity index (χ2n) is 5.55. The van der Waals surface area contributed by atoms with Crippen molar-refractivity contribution < 1.29 is 14.7 Å². The van der Waals surface area contributed by atoms with Crippen molar-refractivity contribution in [1.82, 2.24) is 5.32 Å². The number of unbranched alkanes of at least 4 members (excludes halogenated alkanes) is 1. The molecule has 1 unspecified atom stereocenters. The second-order valence-corrected chi connectivity index (χ2v) is 5.55. The van der Waals surface area contributed by atoms with Crippen LogP contribution < -0.4 is 11.1 Å². The lowest BCUT2D eigenvalue weighted by Gasteiger charge is -2.26. The third-order valence-electron chi connectivity index (χ3n) is 3.97. The third-order valence-corrected chi connectivity index (χ3v) is 3.97. The topological polar surface area (TPSA) is 92.4 Å². The van der Waals surface area contributed by atoms with Crippen LogP contribution in [0.5, 0.6) is 0 Å². The summed E-state index contributed by atoms with van der Waals surface area (Å²) in [7, 11) is 0. The highest BCUT2D eigenvalue weighted by Gasteiger charge is 2.26. The number of rotatable bonds is 7. The Kier molecular flexibility index (Phi) is 6.84. The zero-order valence-corrected chi connectivity index (χ0v) is 11.7. The Hall–Kier alpha value is -1.10. The maximum Gasteiger partial charge on any atom is 0.306 e. The first-order valence-electron chi connectivity index (χ1n) is 7.30. The Morgan fingerprint density at radius 2 is 1.95 bits per heavy atom. The van der Waals surface area contributed by atoms with E-state index in [0.717, 1.165) is 44.9 Å². The van der Waals surface area contributed by atoms with E-state index in [-0.39, 0.29) is 11.8 Å². The molecule has 0 radical (unpaired) electrons. The average Bonchev–Trinajstić information content (AvgIpc) is 2.42. The number of aliphatic carboxylic acids is 1. The fraction of sp³-hybridized carbons (Fsp3) is 0.857. The van der Waals surface area contributed by atoms with E-state index in [9.17, 15) is 9.59 Å². The number of carboxylic acid groups (broad SMARTS) is 1. The number of amides is 1. The van der Waals surface area contributed by atoms with Gasteiger partial charge in [-0.2, -0.15) is 0 Å².